The number of aryl methyl sites for hydroxylation is 1. The number of carbonyl (C=O) groups is 1. The van der Waals surface area contributed by atoms with Gasteiger partial charge in [-0.15, -0.1) is 10.2 Å². The fourth-order valence-electron chi connectivity index (χ4n) is 7.11. The summed E-state index contributed by atoms with van der Waals surface area (Å²) in [6, 6.07) is 8.09. The number of hydrogen-bond acceptors (Lipinski definition) is 6. The van der Waals surface area contributed by atoms with Gasteiger partial charge in [0.2, 0.25) is 5.91 Å². The number of halogens is 3. The Bertz CT molecular complexity index is 1410. The molecule has 4 heterocycles. The minimum atomic E-state index is -0.607. The number of rotatable bonds is 6. The molecule has 0 spiro atoms. The quantitative estimate of drug-likeness (QED) is 0.392. The molecule has 3 aliphatic heterocycles. The van der Waals surface area contributed by atoms with Crippen molar-refractivity contribution in [1.29, 1.82) is 0 Å². The van der Waals surface area contributed by atoms with Gasteiger partial charge in [-0.25, -0.2) is 8.78 Å². The van der Waals surface area contributed by atoms with E-state index in [1.54, 1.807) is 4.80 Å². The maximum Gasteiger partial charge on any atom is 0.227 e. The smallest absolute Gasteiger partial charge is 0.227 e. The molecule has 1 aromatic heterocycles. The second kappa shape index (κ2) is 12.3. The van der Waals surface area contributed by atoms with Crippen LogP contribution in [0, 0.1) is 24.5 Å². The van der Waals surface area contributed by atoms with Gasteiger partial charge in [0.25, 0.3) is 0 Å². The molecule has 2 aromatic carbocycles. The predicted octanol–water partition coefficient (Wildman–Crippen LogP) is 5.12. The number of likely N-dealkylation sites (tertiary alicyclic amines) is 2. The first kappa shape index (κ1) is 29.1. The van der Waals surface area contributed by atoms with Crippen LogP contribution < -0.4 is 0 Å². The molecule has 3 unspecified atom stereocenters. The minimum Gasteiger partial charge on any atom is -0.381 e. The lowest BCUT2D eigenvalue weighted by Gasteiger charge is -2.36. The first-order valence-corrected chi connectivity index (χ1v) is 15.3. The summed E-state index contributed by atoms with van der Waals surface area (Å²) in [5.41, 5.74) is 3.67. The van der Waals surface area contributed by atoms with Crippen LogP contribution in [0.2, 0.25) is 5.02 Å². The molecule has 0 aliphatic carbocycles. The van der Waals surface area contributed by atoms with Crippen LogP contribution in [0.1, 0.15) is 72.7 Å². The van der Waals surface area contributed by atoms with Crippen molar-refractivity contribution in [3.05, 3.63) is 75.6 Å². The summed E-state index contributed by atoms with van der Waals surface area (Å²) in [4.78, 5) is 20.0. The number of aromatic nitrogens is 4. The fourth-order valence-corrected chi connectivity index (χ4v) is 7.28. The summed E-state index contributed by atoms with van der Waals surface area (Å²) in [5.74, 6) is -1.61. The maximum atomic E-state index is 15.0. The van der Waals surface area contributed by atoms with E-state index in [-0.39, 0.29) is 29.7 Å². The van der Waals surface area contributed by atoms with E-state index in [9.17, 15) is 9.18 Å². The molecular formula is C31H37ClF2N6O2. The molecule has 3 fully saturated rings. The van der Waals surface area contributed by atoms with Crippen molar-refractivity contribution in [2.24, 2.45) is 5.92 Å². The third-order valence-electron chi connectivity index (χ3n) is 9.51. The van der Waals surface area contributed by atoms with Gasteiger partial charge in [-0.05, 0) is 85.0 Å². The lowest BCUT2D eigenvalue weighted by atomic mass is 9.83. The summed E-state index contributed by atoms with van der Waals surface area (Å²) >= 11 is 6.59. The average Bonchev–Trinajstić information content (AvgIpc) is 3.70. The zero-order valence-electron chi connectivity index (χ0n) is 24.1. The second-order valence-corrected chi connectivity index (χ2v) is 12.3. The number of benzene rings is 2. The predicted molar refractivity (Wildman–Crippen MR) is 154 cm³/mol. The largest absolute Gasteiger partial charge is 0.381 e. The van der Waals surface area contributed by atoms with E-state index < -0.39 is 11.6 Å². The number of tetrazole rings is 1. The summed E-state index contributed by atoms with van der Waals surface area (Å²) in [6.45, 7) is 7.80. The van der Waals surface area contributed by atoms with E-state index in [1.807, 2.05) is 18.7 Å². The second-order valence-electron chi connectivity index (χ2n) is 11.9. The monoisotopic (exact) mass is 598 g/mol. The van der Waals surface area contributed by atoms with Gasteiger partial charge in [0.1, 0.15) is 11.6 Å². The molecule has 3 aromatic rings. The standard InChI is InChI=1S/C31H37ClF2N6O2/c1-19-13-25(20(2)40-36-18-35-37-40)26(15-29(19)32)21-5-9-38(10-6-21)31(41)28-17-39(23-7-11-42-12-8-23)16-27(28)24-4-3-22(33)14-30(24)34/h3-4,13-15,18,20-21,23,27-28H,5-12,16-17H2,1-2H3. The highest BCUT2D eigenvalue weighted by molar-refractivity contribution is 6.31. The van der Waals surface area contributed by atoms with Gasteiger partial charge in [0.05, 0.1) is 12.0 Å². The normalized spacial score (nSPS) is 23.4. The summed E-state index contributed by atoms with van der Waals surface area (Å²) < 4.78 is 34.4. The van der Waals surface area contributed by atoms with Crippen molar-refractivity contribution >= 4 is 17.5 Å². The zero-order valence-corrected chi connectivity index (χ0v) is 24.8. The number of ether oxygens (including phenoxy) is 1. The molecule has 3 saturated heterocycles. The maximum absolute atomic E-state index is 15.0. The van der Waals surface area contributed by atoms with E-state index >= 15 is 4.39 Å². The minimum absolute atomic E-state index is 0.0547. The number of hydrogen-bond donors (Lipinski definition) is 0. The van der Waals surface area contributed by atoms with Crippen LogP contribution in [-0.4, -0.2) is 81.3 Å². The van der Waals surface area contributed by atoms with Gasteiger partial charge in [0.15, 0.2) is 6.33 Å². The van der Waals surface area contributed by atoms with E-state index in [2.05, 4.69) is 32.4 Å². The Kier molecular flexibility index (Phi) is 8.56. The molecule has 3 aliphatic rings. The van der Waals surface area contributed by atoms with Crippen molar-refractivity contribution in [2.45, 2.75) is 63.5 Å². The van der Waals surface area contributed by atoms with Crippen LogP contribution in [0.4, 0.5) is 8.78 Å². The van der Waals surface area contributed by atoms with Crippen molar-refractivity contribution in [1.82, 2.24) is 30.0 Å². The molecule has 0 saturated carbocycles. The molecule has 0 bridgehead atoms. The molecule has 42 heavy (non-hydrogen) atoms. The van der Waals surface area contributed by atoms with Gasteiger partial charge in [-0.2, -0.15) is 4.80 Å². The van der Waals surface area contributed by atoms with Crippen LogP contribution in [0.15, 0.2) is 36.7 Å². The summed E-state index contributed by atoms with van der Waals surface area (Å²) in [7, 11) is 0. The lowest BCUT2D eigenvalue weighted by Crippen LogP contribution is -2.44. The van der Waals surface area contributed by atoms with Crippen LogP contribution >= 0.6 is 11.6 Å². The molecule has 8 nitrogen and oxygen atoms in total. The summed E-state index contributed by atoms with van der Waals surface area (Å²) in [5, 5.41) is 12.9. The Morgan fingerprint density at radius 1 is 1.05 bits per heavy atom. The number of amides is 1. The SMILES string of the molecule is Cc1cc(C(C)n2ncnn2)c(C2CCN(C(=O)C3CN(C4CCOCC4)CC3c3ccc(F)cc3F)CC2)cc1Cl. The van der Waals surface area contributed by atoms with Crippen molar-refractivity contribution in [2.75, 3.05) is 39.4 Å². The number of piperidine rings is 1. The first-order chi connectivity index (χ1) is 20.3. The molecule has 0 radical (unpaired) electrons. The van der Waals surface area contributed by atoms with Gasteiger partial charge >= 0.3 is 0 Å². The Morgan fingerprint density at radius 2 is 1.81 bits per heavy atom. The molecule has 1 amide bonds. The third-order valence-corrected chi connectivity index (χ3v) is 9.91. The lowest BCUT2D eigenvalue weighted by molar-refractivity contribution is -0.136. The van der Waals surface area contributed by atoms with E-state index in [1.165, 1.54) is 18.5 Å². The first-order valence-electron chi connectivity index (χ1n) is 14.9. The number of nitrogens with zero attached hydrogens (tertiary/aromatic N) is 6. The van der Waals surface area contributed by atoms with Gasteiger partial charge in [-0.3, -0.25) is 9.69 Å². The Labute approximate surface area is 250 Å². The van der Waals surface area contributed by atoms with Gasteiger partial charge in [-0.1, -0.05) is 23.7 Å². The van der Waals surface area contributed by atoms with Crippen molar-refractivity contribution in [3.8, 4) is 0 Å². The molecule has 11 heteroatoms. The van der Waals surface area contributed by atoms with Gasteiger partial charge in [0, 0.05) is 62.4 Å². The van der Waals surface area contributed by atoms with E-state index in [4.69, 9.17) is 16.3 Å². The molecule has 224 valence electrons. The molecular weight excluding hydrogens is 562 g/mol. The van der Waals surface area contributed by atoms with Crippen molar-refractivity contribution < 1.29 is 18.3 Å². The van der Waals surface area contributed by atoms with E-state index in [0.717, 1.165) is 48.4 Å². The zero-order chi connectivity index (χ0) is 29.4. The average molecular weight is 599 g/mol. The van der Waals surface area contributed by atoms with E-state index in [0.29, 0.717) is 56.0 Å². The fraction of sp³-hybridized carbons (Fsp3) is 0.548. The Balaban J connectivity index is 1.20. The van der Waals surface area contributed by atoms with Crippen LogP contribution in [-0.2, 0) is 9.53 Å². The topological polar surface area (TPSA) is 76.4 Å². The molecule has 0 N–H and O–H groups in total. The highest BCUT2D eigenvalue weighted by Crippen LogP contribution is 2.40. The highest BCUT2D eigenvalue weighted by atomic mass is 35.5. The Hall–Kier alpha value is -2.95. The van der Waals surface area contributed by atoms with Crippen LogP contribution in [0.5, 0.6) is 0 Å². The third kappa shape index (κ3) is 5.81. The molecule has 3 atom stereocenters. The van der Waals surface area contributed by atoms with Crippen LogP contribution in [0.3, 0.4) is 0 Å². The van der Waals surface area contributed by atoms with Crippen LogP contribution in [0.25, 0.3) is 0 Å². The van der Waals surface area contributed by atoms with Crippen molar-refractivity contribution in [3.63, 3.8) is 0 Å². The number of carbonyl (C=O) groups excluding carboxylic acids is 1. The summed E-state index contributed by atoms with van der Waals surface area (Å²) in [6.07, 6.45) is 4.81. The molecule has 6 rings (SSSR count). The van der Waals surface area contributed by atoms with Gasteiger partial charge < -0.3 is 9.64 Å². The highest BCUT2D eigenvalue weighted by Gasteiger charge is 2.44. The Morgan fingerprint density at radius 3 is 2.50 bits per heavy atom.